The summed E-state index contributed by atoms with van der Waals surface area (Å²) in [5.74, 6) is 2.85. The van der Waals surface area contributed by atoms with E-state index in [1.54, 1.807) is 30.9 Å². The summed E-state index contributed by atoms with van der Waals surface area (Å²) >= 11 is 1.80. The molecule has 0 radical (unpaired) electrons. The van der Waals surface area contributed by atoms with Gasteiger partial charge in [-0.2, -0.15) is 20.5 Å². The highest BCUT2D eigenvalue weighted by Gasteiger charge is 2.07. The van der Waals surface area contributed by atoms with Gasteiger partial charge in [0.2, 0.25) is 0 Å². The molecule has 0 unspecified atom stereocenters. The second-order valence-corrected chi connectivity index (χ2v) is 5.87. The van der Waals surface area contributed by atoms with E-state index in [9.17, 15) is 8.78 Å². The van der Waals surface area contributed by atoms with E-state index in [2.05, 4.69) is 21.6 Å². The molecule has 1 rings (SSSR count). The third-order valence-corrected chi connectivity index (χ3v) is 3.87. The lowest BCUT2D eigenvalue weighted by Gasteiger charge is -2.22. The number of alkyl halides is 2. The van der Waals surface area contributed by atoms with Gasteiger partial charge in [0, 0.05) is 38.7 Å². The lowest BCUT2D eigenvalue weighted by molar-refractivity contribution is -0.0498. The summed E-state index contributed by atoms with van der Waals surface area (Å²) in [5, 5.41) is 3.28. The number of halogens is 2. The number of hydrogen-bond acceptors (Lipinski definition) is 3. The minimum absolute atomic E-state index is 0.160. The van der Waals surface area contributed by atoms with Crippen molar-refractivity contribution in [1.29, 1.82) is 0 Å². The number of hydrogen-bond donors (Lipinski definition) is 1. The van der Waals surface area contributed by atoms with Crippen LogP contribution in [0.15, 0.2) is 41.9 Å². The standard InChI is InChI=1S/C16H23F2N3OS/c1-4-10-23-11-9-20-16(19-2)21(3)12-13-5-7-14(8-6-13)22-15(17)18/h4-8,15H,1,9-12H2,2-3H3,(H,19,20). The highest BCUT2D eigenvalue weighted by molar-refractivity contribution is 7.99. The zero-order valence-electron chi connectivity index (χ0n) is 13.5. The average Bonchev–Trinajstić information content (AvgIpc) is 2.52. The van der Waals surface area contributed by atoms with Crippen LogP contribution in [0.2, 0.25) is 0 Å². The van der Waals surface area contributed by atoms with Crippen LogP contribution in [0.5, 0.6) is 5.75 Å². The molecule has 0 amide bonds. The minimum Gasteiger partial charge on any atom is -0.435 e. The van der Waals surface area contributed by atoms with E-state index in [0.717, 1.165) is 29.6 Å². The van der Waals surface area contributed by atoms with Crippen LogP contribution >= 0.6 is 11.8 Å². The SMILES string of the molecule is C=CCSCCNC(=NC)N(C)Cc1ccc(OC(F)F)cc1. The Morgan fingerprint density at radius 3 is 2.70 bits per heavy atom. The molecule has 1 N–H and O–H groups in total. The molecule has 0 aromatic heterocycles. The molecule has 1 aromatic rings. The first kappa shape index (κ1) is 19.3. The summed E-state index contributed by atoms with van der Waals surface area (Å²) in [6, 6.07) is 6.61. The van der Waals surface area contributed by atoms with Gasteiger partial charge in [0.25, 0.3) is 0 Å². The van der Waals surface area contributed by atoms with Gasteiger partial charge >= 0.3 is 6.61 Å². The Balaban J connectivity index is 2.45. The number of aliphatic imine (C=N–C) groups is 1. The summed E-state index contributed by atoms with van der Waals surface area (Å²) in [5.41, 5.74) is 0.984. The van der Waals surface area contributed by atoms with E-state index < -0.39 is 6.61 Å². The van der Waals surface area contributed by atoms with Crippen molar-refractivity contribution in [2.24, 2.45) is 4.99 Å². The molecule has 0 spiro atoms. The third kappa shape index (κ3) is 7.88. The van der Waals surface area contributed by atoms with Crippen molar-refractivity contribution < 1.29 is 13.5 Å². The molecule has 7 heteroatoms. The predicted molar refractivity (Wildman–Crippen MR) is 93.4 cm³/mol. The molecule has 0 aliphatic heterocycles. The number of ether oxygens (including phenoxy) is 1. The number of guanidine groups is 1. The molecule has 0 saturated carbocycles. The van der Waals surface area contributed by atoms with Crippen LogP contribution in [-0.4, -0.2) is 49.6 Å². The van der Waals surface area contributed by atoms with E-state index in [1.165, 1.54) is 12.1 Å². The lowest BCUT2D eigenvalue weighted by Crippen LogP contribution is -2.39. The summed E-state index contributed by atoms with van der Waals surface area (Å²) in [6.07, 6.45) is 1.88. The first-order valence-corrected chi connectivity index (χ1v) is 8.36. The quantitative estimate of drug-likeness (QED) is 0.323. The maximum absolute atomic E-state index is 12.1. The van der Waals surface area contributed by atoms with Crippen LogP contribution < -0.4 is 10.1 Å². The molecule has 23 heavy (non-hydrogen) atoms. The van der Waals surface area contributed by atoms with Crippen molar-refractivity contribution in [2.45, 2.75) is 13.2 Å². The molecule has 0 aliphatic carbocycles. The number of thioether (sulfide) groups is 1. The lowest BCUT2D eigenvalue weighted by atomic mass is 10.2. The molecule has 1 aromatic carbocycles. The minimum atomic E-state index is -2.80. The van der Waals surface area contributed by atoms with E-state index >= 15 is 0 Å². The van der Waals surface area contributed by atoms with Gasteiger partial charge in [0.15, 0.2) is 5.96 Å². The van der Waals surface area contributed by atoms with Gasteiger partial charge in [-0.15, -0.1) is 6.58 Å². The fourth-order valence-corrected chi connectivity index (χ4v) is 2.49. The summed E-state index contributed by atoms with van der Waals surface area (Å²) < 4.78 is 28.6. The molecule has 0 bridgehead atoms. The summed E-state index contributed by atoms with van der Waals surface area (Å²) in [7, 11) is 3.66. The fourth-order valence-electron chi connectivity index (χ4n) is 1.91. The second-order valence-electron chi connectivity index (χ2n) is 4.72. The molecule has 0 saturated heterocycles. The van der Waals surface area contributed by atoms with Crippen LogP contribution in [0, 0.1) is 0 Å². The fraction of sp³-hybridized carbons (Fsp3) is 0.438. The van der Waals surface area contributed by atoms with Crippen molar-refractivity contribution in [3.8, 4) is 5.75 Å². The Labute approximate surface area is 140 Å². The summed E-state index contributed by atoms with van der Waals surface area (Å²) in [4.78, 5) is 6.21. The molecule has 0 atom stereocenters. The Morgan fingerprint density at radius 1 is 1.43 bits per heavy atom. The van der Waals surface area contributed by atoms with Crippen molar-refractivity contribution in [3.05, 3.63) is 42.5 Å². The Bertz CT molecular complexity index is 495. The van der Waals surface area contributed by atoms with Gasteiger partial charge in [-0.1, -0.05) is 18.2 Å². The topological polar surface area (TPSA) is 36.9 Å². The maximum atomic E-state index is 12.1. The Morgan fingerprint density at radius 2 is 2.13 bits per heavy atom. The normalized spacial score (nSPS) is 11.4. The number of nitrogens with zero attached hydrogens (tertiary/aromatic N) is 2. The van der Waals surface area contributed by atoms with Gasteiger partial charge in [-0.05, 0) is 17.7 Å². The first-order valence-electron chi connectivity index (χ1n) is 7.21. The van der Waals surface area contributed by atoms with E-state index in [1.807, 2.05) is 18.0 Å². The van der Waals surface area contributed by atoms with Gasteiger partial charge in [-0.25, -0.2) is 0 Å². The van der Waals surface area contributed by atoms with E-state index in [-0.39, 0.29) is 5.75 Å². The molecular formula is C16H23F2N3OS. The highest BCUT2D eigenvalue weighted by atomic mass is 32.2. The largest absolute Gasteiger partial charge is 0.435 e. The van der Waals surface area contributed by atoms with E-state index in [4.69, 9.17) is 0 Å². The van der Waals surface area contributed by atoms with Crippen molar-refractivity contribution in [3.63, 3.8) is 0 Å². The van der Waals surface area contributed by atoms with Crippen LogP contribution in [0.4, 0.5) is 8.78 Å². The molecule has 128 valence electrons. The average molecular weight is 343 g/mol. The smallest absolute Gasteiger partial charge is 0.387 e. The number of rotatable bonds is 9. The highest BCUT2D eigenvalue weighted by Crippen LogP contribution is 2.15. The third-order valence-electron chi connectivity index (χ3n) is 2.91. The number of nitrogens with one attached hydrogen (secondary N) is 1. The van der Waals surface area contributed by atoms with Gasteiger partial charge in [0.05, 0.1) is 0 Å². The van der Waals surface area contributed by atoms with Crippen LogP contribution in [0.3, 0.4) is 0 Å². The zero-order chi connectivity index (χ0) is 17.1. The Kier molecular flexibility index (Phi) is 9.12. The molecular weight excluding hydrogens is 320 g/mol. The van der Waals surface area contributed by atoms with Crippen molar-refractivity contribution in [1.82, 2.24) is 10.2 Å². The van der Waals surface area contributed by atoms with E-state index in [0.29, 0.717) is 6.54 Å². The Hall–Kier alpha value is -1.76. The molecule has 4 nitrogen and oxygen atoms in total. The van der Waals surface area contributed by atoms with Gasteiger partial charge < -0.3 is 15.0 Å². The van der Waals surface area contributed by atoms with Gasteiger partial charge in [0.1, 0.15) is 5.75 Å². The second kappa shape index (κ2) is 10.9. The van der Waals surface area contributed by atoms with Crippen LogP contribution in [0.25, 0.3) is 0 Å². The van der Waals surface area contributed by atoms with Crippen molar-refractivity contribution in [2.75, 3.05) is 32.1 Å². The van der Waals surface area contributed by atoms with Crippen LogP contribution in [0.1, 0.15) is 5.56 Å². The van der Waals surface area contributed by atoms with Crippen molar-refractivity contribution >= 4 is 17.7 Å². The molecule has 0 aliphatic rings. The molecule has 0 heterocycles. The summed E-state index contributed by atoms with van der Waals surface area (Å²) in [6.45, 7) is 2.32. The monoisotopic (exact) mass is 343 g/mol. The van der Waals surface area contributed by atoms with Crippen LogP contribution in [-0.2, 0) is 6.54 Å². The first-order chi connectivity index (χ1) is 11.1. The van der Waals surface area contributed by atoms with Gasteiger partial charge in [-0.3, -0.25) is 4.99 Å². The number of benzene rings is 1. The maximum Gasteiger partial charge on any atom is 0.387 e. The molecule has 0 fully saturated rings. The predicted octanol–water partition coefficient (Wildman–Crippen LogP) is 3.21. The zero-order valence-corrected chi connectivity index (χ0v) is 14.3.